The Morgan fingerprint density at radius 3 is 2.56 bits per heavy atom. The van der Waals surface area contributed by atoms with Gasteiger partial charge in [-0.3, -0.25) is 4.79 Å². The topological polar surface area (TPSA) is 78.8 Å². The second-order valence-electron chi connectivity index (χ2n) is 6.68. The highest BCUT2D eigenvalue weighted by Gasteiger charge is 2.18. The van der Waals surface area contributed by atoms with Gasteiger partial charge < -0.3 is 4.90 Å². The molecule has 1 N–H and O–H groups in total. The van der Waals surface area contributed by atoms with E-state index in [1.165, 1.54) is 24.0 Å². The number of para-hydroxylation sites is 1. The molecule has 1 aliphatic heterocycles. The van der Waals surface area contributed by atoms with Crippen molar-refractivity contribution in [3.63, 3.8) is 0 Å². The Bertz CT molecular complexity index is 966. The maximum absolute atomic E-state index is 12.3. The molecule has 2 aromatic carbocycles. The lowest BCUT2D eigenvalue weighted by Gasteiger charge is -2.30. The molecule has 2 aromatic rings. The van der Waals surface area contributed by atoms with E-state index in [0.29, 0.717) is 5.71 Å². The van der Waals surface area contributed by atoms with Crippen molar-refractivity contribution in [3.8, 4) is 0 Å². The lowest BCUT2D eigenvalue weighted by molar-refractivity contribution is -0.119. The van der Waals surface area contributed by atoms with E-state index in [1.807, 2.05) is 18.2 Å². The average molecular weight is 385 g/mol. The first-order valence-electron chi connectivity index (χ1n) is 8.81. The summed E-state index contributed by atoms with van der Waals surface area (Å²) in [6, 6.07) is 14.6. The highest BCUT2D eigenvalue weighted by atomic mass is 32.2. The van der Waals surface area contributed by atoms with E-state index in [2.05, 4.69) is 21.5 Å². The number of carbonyl (C=O) groups excluding carboxylic acids is 1. The Balaban J connectivity index is 1.63. The summed E-state index contributed by atoms with van der Waals surface area (Å²) >= 11 is 0. The SMILES string of the molecule is C/C(=N/NC(=O)CN1CCCc2ccccc21)c1ccc(S(C)(=O)=O)cc1. The normalized spacial score (nSPS) is 14.6. The molecular weight excluding hydrogens is 362 g/mol. The Morgan fingerprint density at radius 1 is 1.15 bits per heavy atom. The zero-order valence-corrected chi connectivity index (χ0v) is 16.3. The molecule has 27 heavy (non-hydrogen) atoms. The standard InChI is InChI=1S/C20H23N3O3S/c1-15(16-9-11-18(12-10-16)27(2,25)26)21-22-20(24)14-23-13-5-7-17-6-3-4-8-19(17)23/h3-4,6,8-12H,5,7,13-14H2,1-2H3,(H,22,24)/b21-15-. The van der Waals surface area contributed by atoms with E-state index in [4.69, 9.17) is 0 Å². The van der Waals surface area contributed by atoms with E-state index in [1.54, 1.807) is 19.1 Å². The van der Waals surface area contributed by atoms with Gasteiger partial charge in [-0.2, -0.15) is 5.10 Å². The number of rotatable bonds is 5. The molecule has 0 aromatic heterocycles. The Labute approximate surface area is 159 Å². The van der Waals surface area contributed by atoms with Gasteiger partial charge in [-0.15, -0.1) is 0 Å². The number of anilines is 1. The number of fused-ring (bicyclic) bond motifs is 1. The van der Waals surface area contributed by atoms with Crippen molar-refractivity contribution >= 4 is 27.1 Å². The van der Waals surface area contributed by atoms with E-state index >= 15 is 0 Å². The first-order chi connectivity index (χ1) is 12.8. The predicted molar refractivity (Wildman–Crippen MR) is 107 cm³/mol. The third kappa shape index (κ3) is 4.74. The second kappa shape index (κ2) is 7.92. The number of sulfone groups is 1. The molecule has 0 saturated carbocycles. The fourth-order valence-corrected chi connectivity index (χ4v) is 3.77. The lowest BCUT2D eigenvalue weighted by Crippen LogP contribution is -2.38. The number of hydrazone groups is 1. The van der Waals surface area contributed by atoms with E-state index in [9.17, 15) is 13.2 Å². The van der Waals surface area contributed by atoms with E-state index in [-0.39, 0.29) is 17.3 Å². The van der Waals surface area contributed by atoms with Gasteiger partial charge in [0.1, 0.15) is 0 Å². The summed E-state index contributed by atoms with van der Waals surface area (Å²) in [4.78, 5) is 14.6. The monoisotopic (exact) mass is 385 g/mol. The Morgan fingerprint density at radius 2 is 1.85 bits per heavy atom. The van der Waals surface area contributed by atoms with Crippen LogP contribution in [0.5, 0.6) is 0 Å². The molecule has 1 heterocycles. The zero-order valence-electron chi connectivity index (χ0n) is 15.5. The van der Waals surface area contributed by atoms with E-state index in [0.717, 1.165) is 30.6 Å². The van der Waals surface area contributed by atoms with Crippen molar-refractivity contribution in [1.29, 1.82) is 0 Å². The van der Waals surface area contributed by atoms with Crippen LogP contribution in [0.2, 0.25) is 0 Å². The van der Waals surface area contributed by atoms with Gasteiger partial charge >= 0.3 is 0 Å². The zero-order chi connectivity index (χ0) is 19.4. The van der Waals surface area contributed by atoms with Crippen LogP contribution in [0.25, 0.3) is 0 Å². The molecule has 0 saturated heterocycles. The summed E-state index contributed by atoms with van der Waals surface area (Å²) in [5.74, 6) is -0.182. The quantitative estimate of drug-likeness (QED) is 0.633. The van der Waals surface area contributed by atoms with Gasteiger partial charge in [0.2, 0.25) is 0 Å². The Hall–Kier alpha value is -2.67. The molecule has 0 radical (unpaired) electrons. The number of benzene rings is 2. The van der Waals surface area contributed by atoms with Crippen LogP contribution in [0.1, 0.15) is 24.5 Å². The molecule has 0 bridgehead atoms. The van der Waals surface area contributed by atoms with Gasteiger partial charge in [0.15, 0.2) is 9.84 Å². The minimum Gasteiger partial charge on any atom is -0.362 e. The Kier molecular flexibility index (Phi) is 5.60. The summed E-state index contributed by atoms with van der Waals surface area (Å²) in [5.41, 5.74) is 6.34. The molecule has 0 atom stereocenters. The smallest absolute Gasteiger partial charge is 0.259 e. The first-order valence-corrected chi connectivity index (χ1v) is 10.7. The van der Waals surface area contributed by atoms with Crippen molar-refractivity contribution < 1.29 is 13.2 Å². The van der Waals surface area contributed by atoms with Gasteiger partial charge in [0, 0.05) is 18.5 Å². The maximum atomic E-state index is 12.3. The minimum absolute atomic E-state index is 0.182. The van der Waals surface area contributed by atoms with Gasteiger partial charge in [-0.25, -0.2) is 13.8 Å². The number of hydrogen-bond donors (Lipinski definition) is 1. The van der Waals surface area contributed by atoms with Crippen LogP contribution in [0, 0.1) is 0 Å². The number of carbonyl (C=O) groups is 1. The third-order valence-electron chi connectivity index (χ3n) is 4.59. The van der Waals surface area contributed by atoms with Crippen molar-refractivity contribution in [2.24, 2.45) is 5.10 Å². The van der Waals surface area contributed by atoms with Crippen molar-refractivity contribution in [3.05, 3.63) is 59.7 Å². The minimum atomic E-state index is -3.23. The molecule has 0 spiro atoms. The van der Waals surface area contributed by atoms with Gasteiger partial charge in [0.25, 0.3) is 5.91 Å². The molecular formula is C20H23N3O3S. The molecule has 7 heteroatoms. The highest BCUT2D eigenvalue weighted by molar-refractivity contribution is 7.90. The molecule has 3 rings (SSSR count). The molecule has 1 amide bonds. The van der Waals surface area contributed by atoms with Gasteiger partial charge in [0.05, 0.1) is 17.2 Å². The predicted octanol–water partition coefficient (Wildman–Crippen LogP) is 2.38. The maximum Gasteiger partial charge on any atom is 0.259 e. The van der Waals surface area contributed by atoms with Crippen LogP contribution in [-0.4, -0.2) is 39.4 Å². The van der Waals surface area contributed by atoms with Crippen LogP contribution in [0.3, 0.4) is 0 Å². The third-order valence-corrected chi connectivity index (χ3v) is 5.72. The highest BCUT2D eigenvalue weighted by Crippen LogP contribution is 2.26. The van der Waals surface area contributed by atoms with E-state index < -0.39 is 9.84 Å². The lowest BCUT2D eigenvalue weighted by atomic mass is 10.0. The molecule has 6 nitrogen and oxygen atoms in total. The van der Waals surface area contributed by atoms with Crippen molar-refractivity contribution in [1.82, 2.24) is 5.43 Å². The summed E-state index contributed by atoms with van der Waals surface area (Å²) in [6.45, 7) is 2.87. The largest absolute Gasteiger partial charge is 0.362 e. The molecule has 1 aliphatic rings. The first kappa shape index (κ1) is 19.1. The fourth-order valence-electron chi connectivity index (χ4n) is 3.14. The molecule has 142 valence electrons. The van der Waals surface area contributed by atoms with Crippen LogP contribution < -0.4 is 10.3 Å². The average Bonchev–Trinajstić information content (AvgIpc) is 2.66. The van der Waals surface area contributed by atoms with Gasteiger partial charge in [-0.1, -0.05) is 30.3 Å². The number of aryl methyl sites for hydroxylation is 1. The molecule has 0 unspecified atom stereocenters. The van der Waals surface area contributed by atoms with Crippen LogP contribution in [0.4, 0.5) is 5.69 Å². The number of nitrogens with zero attached hydrogens (tertiary/aromatic N) is 2. The van der Waals surface area contributed by atoms with Crippen molar-refractivity contribution in [2.75, 3.05) is 24.2 Å². The number of amides is 1. The van der Waals surface area contributed by atoms with Gasteiger partial charge in [-0.05, 0) is 49.1 Å². The molecule has 0 fully saturated rings. The fraction of sp³-hybridized carbons (Fsp3) is 0.300. The summed E-state index contributed by atoms with van der Waals surface area (Å²) in [6.07, 6.45) is 3.23. The molecule has 0 aliphatic carbocycles. The number of nitrogens with one attached hydrogen (secondary N) is 1. The van der Waals surface area contributed by atoms with Crippen LogP contribution in [0.15, 0.2) is 58.5 Å². The summed E-state index contributed by atoms with van der Waals surface area (Å²) in [5, 5.41) is 4.15. The van der Waals surface area contributed by atoms with Crippen molar-refractivity contribution in [2.45, 2.75) is 24.7 Å². The summed E-state index contributed by atoms with van der Waals surface area (Å²) < 4.78 is 23.0. The number of hydrogen-bond acceptors (Lipinski definition) is 5. The summed E-state index contributed by atoms with van der Waals surface area (Å²) in [7, 11) is -3.23. The van der Waals surface area contributed by atoms with Crippen LogP contribution >= 0.6 is 0 Å². The second-order valence-corrected chi connectivity index (χ2v) is 8.70. The van der Waals surface area contributed by atoms with Crippen LogP contribution in [-0.2, 0) is 21.1 Å².